The molecule has 320 valence electrons. The van der Waals surface area contributed by atoms with E-state index in [1.165, 1.54) is 96.3 Å². The van der Waals surface area contributed by atoms with Crippen LogP contribution in [0.4, 0.5) is 0 Å². The van der Waals surface area contributed by atoms with Crippen LogP contribution in [0.25, 0.3) is 0 Å². The summed E-state index contributed by atoms with van der Waals surface area (Å²) in [6.45, 7) is 3.97. The van der Waals surface area contributed by atoms with Crippen molar-refractivity contribution in [1.29, 1.82) is 0 Å². The van der Waals surface area contributed by atoms with Crippen molar-refractivity contribution in [1.82, 2.24) is 0 Å². The third kappa shape index (κ3) is 27.4. The number of unbranched alkanes of at least 4 members (excludes halogenated alkanes) is 22. The number of aliphatic hydroxyl groups excluding tert-OH is 3. The Morgan fingerprint density at radius 1 is 0.685 bits per heavy atom. The molecule has 4 N–H and O–H groups in total. The van der Waals surface area contributed by atoms with Crippen molar-refractivity contribution in [3.05, 3.63) is 12.2 Å². The molecule has 0 aromatic rings. The fourth-order valence-electron chi connectivity index (χ4n) is 6.61. The van der Waals surface area contributed by atoms with Crippen molar-refractivity contribution < 1.29 is 56.2 Å². The number of rotatable bonds is 37. The monoisotopic (exact) mass is 795 g/mol. The lowest BCUT2D eigenvalue weighted by molar-refractivity contribution is -0.301. The molecule has 12 nitrogen and oxygen atoms in total. The number of esters is 1. The van der Waals surface area contributed by atoms with E-state index in [1.807, 2.05) is 0 Å². The van der Waals surface area contributed by atoms with Gasteiger partial charge in [-0.3, -0.25) is 9.35 Å². The van der Waals surface area contributed by atoms with Gasteiger partial charge in [0.15, 0.2) is 6.29 Å². The maximum Gasteiger partial charge on any atom is 0.397 e. The summed E-state index contributed by atoms with van der Waals surface area (Å²) in [7, 11) is -5.06. The molecule has 0 spiro atoms. The summed E-state index contributed by atoms with van der Waals surface area (Å²) in [6.07, 6.45) is 25.3. The first-order chi connectivity index (χ1) is 26.1. The Morgan fingerprint density at radius 2 is 1.17 bits per heavy atom. The summed E-state index contributed by atoms with van der Waals surface area (Å²) >= 11 is 0. The molecule has 0 aromatic carbocycles. The highest BCUT2D eigenvalue weighted by Gasteiger charge is 2.48. The largest absolute Gasteiger partial charge is 0.457 e. The van der Waals surface area contributed by atoms with Crippen LogP contribution in [-0.2, 0) is 38.3 Å². The van der Waals surface area contributed by atoms with Crippen LogP contribution in [-0.4, -0.2) is 97.5 Å². The smallest absolute Gasteiger partial charge is 0.397 e. The summed E-state index contributed by atoms with van der Waals surface area (Å²) in [6, 6.07) is 0. The number of hydrogen-bond acceptors (Lipinski definition) is 11. The summed E-state index contributed by atoms with van der Waals surface area (Å²) < 4.78 is 58.9. The van der Waals surface area contributed by atoms with Gasteiger partial charge in [0.2, 0.25) is 0 Å². The molecule has 13 heteroatoms. The van der Waals surface area contributed by atoms with E-state index in [0.29, 0.717) is 13.0 Å². The number of carbonyl (C=O) groups excluding carboxylic acids is 1. The van der Waals surface area contributed by atoms with E-state index in [-0.39, 0.29) is 19.6 Å². The van der Waals surface area contributed by atoms with E-state index in [9.17, 15) is 28.5 Å². The number of aliphatic hydroxyl groups is 3. The van der Waals surface area contributed by atoms with Crippen molar-refractivity contribution in [2.45, 2.75) is 218 Å². The second kappa shape index (κ2) is 33.9. The average molecular weight is 795 g/mol. The zero-order valence-electron chi connectivity index (χ0n) is 33.8. The molecule has 1 rings (SSSR count). The Balaban J connectivity index is 2.46. The normalized spacial score (nSPS) is 21.2. The molecule has 1 aliphatic rings. The molecule has 0 aromatic heterocycles. The van der Waals surface area contributed by atoms with Crippen LogP contribution in [0.2, 0.25) is 0 Å². The quantitative estimate of drug-likeness (QED) is 0.0205. The molecule has 6 atom stereocenters. The van der Waals surface area contributed by atoms with Crippen LogP contribution in [0.1, 0.15) is 181 Å². The minimum absolute atomic E-state index is 0.0378. The Hall–Kier alpha value is -1.16. The predicted molar refractivity (Wildman–Crippen MR) is 211 cm³/mol. The lowest BCUT2D eigenvalue weighted by Gasteiger charge is -2.41. The lowest BCUT2D eigenvalue weighted by atomic mass is 9.99. The van der Waals surface area contributed by atoms with E-state index < -0.39 is 59.8 Å². The highest BCUT2D eigenvalue weighted by atomic mass is 32.3. The molecule has 6 unspecified atom stereocenters. The van der Waals surface area contributed by atoms with Crippen LogP contribution in [0, 0.1) is 0 Å². The molecule has 0 radical (unpaired) electrons. The van der Waals surface area contributed by atoms with Crippen LogP contribution in [0.15, 0.2) is 12.2 Å². The van der Waals surface area contributed by atoms with Gasteiger partial charge in [0, 0.05) is 13.0 Å². The molecule has 1 aliphatic heterocycles. The zero-order chi connectivity index (χ0) is 39.7. The first kappa shape index (κ1) is 50.9. The third-order valence-corrected chi connectivity index (χ3v) is 10.4. The van der Waals surface area contributed by atoms with Gasteiger partial charge in [-0.05, 0) is 38.5 Å². The van der Waals surface area contributed by atoms with Gasteiger partial charge >= 0.3 is 16.4 Å². The van der Waals surface area contributed by atoms with E-state index in [2.05, 4.69) is 30.2 Å². The van der Waals surface area contributed by atoms with Gasteiger partial charge in [0.1, 0.15) is 30.5 Å². The molecule has 54 heavy (non-hydrogen) atoms. The van der Waals surface area contributed by atoms with Crippen LogP contribution in [0.5, 0.6) is 0 Å². The molecule has 0 amide bonds. The Kier molecular flexibility index (Phi) is 32.0. The van der Waals surface area contributed by atoms with Crippen molar-refractivity contribution in [3.8, 4) is 0 Å². The highest BCUT2D eigenvalue weighted by molar-refractivity contribution is 7.80. The van der Waals surface area contributed by atoms with Crippen LogP contribution < -0.4 is 0 Å². The Labute approximate surface area is 328 Å². The second-order valence-corrected chi connectivity index (χ2v) is 16.0. The first-order valence-electron chi connectivity index (χ1n) is 21.4. The highest BCUT2D eigenvalue weighted by Crippen LogP contribution is 2.26. The van der Waals surface area contributed by atoms with Crippen molar-refractivity contribution >= 4 is 16.4 Å². The van der Waals surface area contributed by atoms with Gasteiger partial charge in [-0.2, -0.15) is 8.42 Å². The van der Waals surface area contributed by atoms with Gasteiger partial charge in [-0.1, -0.05) is 148 Å². The zero-order valence-corrected chi connectivity index (χ0v) is 34.6. The topological polar surface area (TPSA) is 178 Å². The fraction of sp³-hybridized carbons (Fsp3) is 0.927. The Bertz CT molecular complexity index is 1010. The Morgan fingerprint density at radius 3 is 1.69 bits per heavy atom. The maximum absolute atomic E-state index is 12.8. The molecular weight excluding hydrogens is 717 g/mol. The SMILES string of the molecule is CCCCCC/C=C\CCCCCCCC(=O)OC(COCCCCCCCCCCCCCCCC)COC1OC(CO)C(O)C(OS(=O)(=O)O)C1O. The minimum Gasteiger partial charge on any atom is -0.457 e. The van der Waals surface area contributed by atoms with Crippen molar-refractivity contribution in [2.75, 3.05) is 26.4 Å². The maximum atomic E-state index is 12.8. The van der Waals surface area contributed by atoms with Crippen molar-refractivity contribution in [3.63, 3.8) is 0 Å². The lowest BCUT2D eigenvalue weighted by Crippen LogP contribution is -2.60. The third-order valence-electron chi connectivity index (χ3n) is 9.89. The molecular formula is C41H78O12S. The molecule has 0 bridgehead atoms. The number of carbonyl (C=O) groups is 1. The number of ether oxygens (including phenoxy) is 4. The van der Waals surface area contributed by atoms with Gasteiger partial charge in [-0.15, -0.1) is 0 Å². The first-order valence-corrected chi connectivity index (χ1v) is 22.8. The standard InChI is InChI=1S/C41H78O12S/c1-3-5-7-9-11-13-15-17-19-21-23-25-27-29-31-49-33-35(34-50-41-39(45)40(53-54(46,47)48)38(44)36(32-42)52-41)51-37(43)30-28-26-24-22-20-18-16-14-12-10-8-6-4-2/h14,16,35-36,38-42,44-45H,3-13,15,17-34H2,1-2H3,(H,46,47,48)/b16-14-. The fourth-order valence-corrected chi connectivity index (χ4v) is 7.12. The summed E-state index contributed by atoms with van der Waals surface area (Å²) in [5, 5.41) is 30.6. The summed E-state index contributed by atoms with van der Waals surface area (Å²) in [5.41, 5.74) is 0. The van der Waals surface area contributed by atoms with Crippen LogP contribution >= 0.6 is 0 Å². The van der Waals surface area contributed by atoms with E-state index in [1.54, 1.807) is 0 Å². The molecule has 1 saturated heterocycles. The molecule has 0 aliphatic carbocycles. The number of hydrogen-bond donors (Lipinski definition) is 4. The summed E-state index contributed by atoms with van der Waals surface area (Å²) in [4.78, 5) is 12.8. The number of allylic oxidation sites excluding steroid dienone is 2. The predicted octanol–water partition coefficient (Wildman–Crippen LogP) is 8.30. The van der Waals surface area contributed by atoms with Gasteiger partial charge < -0.3 is 34.3 Å². The van der Waals surface area contributed by atoms with Crippen LogP contribution in [0.3, 0.4) is 0 Å². The van der Waals surface area contributed by atoms with Crippen molar-refractivity contribution in [2.24, 2.45) is 0 Å². The molecule has 0 saturated carbocycles. The van der Waals surface area contributed by atoms with E-state index in [0.717, 1.165) is 57.8 Å². The second-order valence-electron chi connectivity index (χ2n) is 14.9. The van der Waals surface area contributed by atoms with Gasteiger partial charge in [0.25, 0.3) is 0 Å². The van der Waals surface area contributed by atoms with E-state index >= 15 is 0 Å². The molecule has 1 fully saturated rings. The average Bonchev–Trinajstić information content (AvgIpc) is 3.14. The van der Waals surface area contributed by atoms with Gasteiger partial charge in [-0.25, -0.2) is 4.18 Å². The molecule has 1 heterocycles. The summed E-state index contributed by atoms with van der Waals surface area (Å²) in [5.74, 6) is -0.406. The van der Waals surface area contributed by atoms with Gasteiger partial charge in [0.05, 0.1) is 19.8 Å². The minimum atomic E-state index is -5.06. The van der Waals surface area contributed by atoms with E-state index in [4.69, 9.17) is 23.5 Å².